The van der Waals surface area contributed by atoms with E-state index in [1.165, 1.54) is 23.8 Å². The van der Waals surface area contributed by atoms with Crippen molar-refractivity contribution in [1.29, 1.82) is 0 Å². The molecule has 0 saturated carbocycles. The molecular weight excluding hydrogens is 332 g/mol. The molecule has 1 atom stereocenters. The average molecular weight is 349 g/mol. The van der Waals surface area contributed by atoms with Crippen LogP contribution in [0, 0.1) is 10.1 Å². The van der Waals surface area contributed by atoms with Crippen LogP contribution in [0.25, 0.3) is 0 Å². The summed E-state index contributed by atoms with van der Waals surface area (Å²) in [5, 5.41) is 13.5. The van der Waals surface area contributed by atoms with Crippen molar-refractivity contribution in [3.63, 3.8) is 0 Å². The number of amides is 1. The summed E-state index contributed by atoms with van der Waals surface area (Å²) in [7, 11) is 0. The molecule has 0 radical (unpaired) electrons. The zero-order valence-electron chi connectivity index (χ0n) is 13.3. The highest BCUT2D eigenvalue weighted by Gasteiger charge is 2.18. The first-order chi connectivity index (χ1) is 11.4. The lowest BCUT2D eigenvalue weighted by Gasteiger charge is -2.15. The van der Waals surface area contributed by atoms with E-state index < -0.39 is 16.9 Å². The van der Waals surface area contributed by atoms with Crippen LogP contribution in [0.5, 0.6) is 5.75 Å². The Bertz CT molecular complexity index is 747. The molecule has 1 N–H and O–H groups in total. The van der Waals surface area contributed by atoms with Crippen LogP contribution in [-0.2, 0) is 11.2 Å². The second-order valence-electron chi connectivity index (χ2n) is 5.17. The van der Waals surface area contributed by atoms with E-state index in [0.717, 1.165) is 6.42 Å². The van der Waals surface area contributed by atoms with Crippen molar-refractivity contribution in [2.45, 2.75) is 26.4 Å². The maximum atomic E-state index is 12.2. The minimum Gasteiger partial charge on any atom is -0.481 e. The molecule has 0 aliphatic rings. The minimum absolute atomic E-state index is 0.0123. The first-order valence-electron chi connectivity index (χ1n) is 7.41. The number of hydrogen-bond acceptors (Lipinski definition) is 4. The van der Waals surface area contributed by atoms with Gasteiger partial charge < -0.3 is 10.1 Å². The number of rotatable bonds is 6. The zero-order valence-corrected chi connectivity index (χ0v) is 14.0. The quantitative estimate of drug-likeness (QED) is 0.626. The Morgan fingerprint density at radius 1 is 1.29 bits per heavy atom. The molecular formula is C17H17ClN2O4. The second-order valence-corrected chi connectivity index (χ2v) is 5.58. The number of nitrogens with zero attached hydrogens (tertiary/aromatic N) is 1. The summed E-state index contributed by atoms with van der Waals surface area (Å²) >= 11 is 5.74. The van der Waals surface area contributed by atoms with Gasteiger partial charge in [-0.3, -0.25) is 14.9 Å². The predicted molar refractivity (Wildman–Crippen MR) is 92.6 cm³/mol. The SMILES string of the molecule is CCc1ccc(O[C@H](C)C(=O)Nc2ccc(Cl)c([N+](=O)[O-])c2)cc1. The van der Waals surface area contributed by atoms with E-state index in [0.29, 0.717) is 5.75 Å². The van der Waals surface area contributed by atoms with Gasteiger partial charge >= 0.3 is 0 Å². The fraction of sp³-hybridized carbons (Fsp3) is 0.235. The number of carbonyl (C=O) groups is 1. The van der Waals surface area contributed by atoms with E-state index in [-0.39, 0.29) is 16.4 Å². The molecule has 2 aromatic carbocycles. The molecule has 0 aliphatic heterocycles. The van der Waals surface area contributed by atoms with E-state index in [1.807, 2.05) is 12.1 Å². The summed E-state index contributed by atoms with van der Waals surface area (Å²) < 4.78 is 5.58. The van der Waals surface area contributed by atoms with Gasteiger partial charge in [-0.2, -0.15) is 0 Å². The summed E-state index contributed by atoms with van der Waals surface area (Å²) in [6, 6.07) is 11.5. The lowest BCUT2D eigenvalue weighted by atomic mass is 10.2. The fourth-order valence-electron chi connectivity index (χ4n) is 2.04. The summed E-state index contributed by atoms with van der Waals surface area (Å²) in [6.45, 7) is 3.66. The van der Waals surface area contributed by atoms with E-state index in [1.54, 1.807) is 19.1 Å². The minimum atomic E-state index is -0.757. The van der Waals surface area contributed by atoms with Gasteiger partial charge in [-0.1, -0.05) is 30.7 Å². The Morgan fingerprint density at radius 2 is 1.96 bits per heavy atom. The Labute approximate surface area is 144 Å². The summed E-state index contributed by atoms with van der Waals surface area (Å²) in [6.07, 6.45) is 0.165. The lowest BCUT2D eigenvalue weighted by Crippen LogP contribution is -2.30. The van der Waals surface area contributed by atoms with Crippen LogP contribution in [-0.4, -0.2) is 16.9 Å². The van der Waals surface area contributed by atoms with Gasteiger partial charge in [0.1, 0.15) is 10.8 Å². The second kappa shape index (κ2) is 7.79. The molecule has 0 heterocycles. The third-order valence-electron chi connectivity index (χ3n) is 3.42. The highest BCUT2D eigenvalue weighted by molar-refractivity contribution is 6.32. The number of hydrogen-bond donors (Lipinski definition) is 1. The number of nitrogens with one attached hydrogen (secondary N) is 1. The number of halogens is 1. The molecule has 0 fully saturated rings. The molecule has 126 valence electrons. The van der Waals surface area contributed by atoms with Crippen molar-refractivity contribution in [2.75, 3.05) is 5.32 Å². The molecule has 24 heavy (non-hydrogen) atoms. The third-order valence-corrected chi connectivity index (χ3v) is 3.74. The van der Waals surface area contributed by atoms with Gasteiger partial charge in [0, 0.05) is 11.8 Å². The Balaban J connectivity index is 2.03. The van der Waals surface area contributed by atoms with Gasteiger partial charge in [0.05, 0.1) is 4.92 Å². The number of ether oxygens (including phenoxy) is 1. The number of benzene rings is 2. The van der Waals surface area contributed by atoms with Crippen molar-refractivity contribution in [2.24, 2.45) is 0 Å². The van der Waals surface area contributed by atoms with Crippen LogP contribution in [0.3, 0.4) is 0 Å². The predicted octanol–water partition coefficient (Wildman–Crippen LogP) is 4.22. The molecule has 0 bridgehead atoms. The first-order valence-corrected chi connectivity index (χ1v) is 7.79. The highest BCUT2D eigenvalue weighted by Crippen LogP contribution is 2.27. The van der Waals surface area contributed by atoms with Crippen molar-refractivity contribution < 1.29 is 14.5 Å². The number of nitro benzene ring substituents is 1. The Hall–Kier alpha value is -2.60. The monoisotopic (exact) mass is 348 g/mol. The van der Waals surface area contributed by atoms with Crippen molar-refractivity contribution in [3.05, 3.63) is 63.2 Å². The van der Waals surface area contributed by atoms with E-state index in [4.69, 9.17) is 16.3 Å². The topological polar surface area (TPSA) is 81.5 Å². The van der Waals surface area contributed by atoms with Gasteiger partial charge in [-0.25, -0.2) is 0 Å². The van der Waals surface area contributed by atoms with Gasteiger partial charge in [0.2, 0.25) is 0 Å². The maximum Gasteiger partial charge on any atom is 0.289 e. The fourth-order valence-corrected chi connectivity index (χ4v) is 2.22. The van der Waals surface area contributed by atoms with E-state index >= 15 is 0 Å². The van der Waals surface area contributed by atoms with Crippen molar-refractivity contribution in [3.8, 4) is 5.75 Å². The normalized spacial score (nSPS) is 11.6. The largest absolute Gasteiger partial charge is 0.481 e. The number of carbonyl (C=O) groups excluding carboxylic acids is 1. The van der Waals surface area contributed by atoms with Crippen LogP contribution in [0.4, 0.5) is 11.4 Å². The third kappa shape index (κ3) is 4.45. The molecule has 0 aliphatic carbocycles. The van der Waals surface area contributed by atoms with Crippen LogP contribution >= 0.6 is 11.6 Å². The summed E-state index contributed by atoms with van der Waals surface area (Å²) in [5.74, 6) is 0.170. The van der Waals surface area contributed by atoms with Gasteiger partial charge in [0.15, 0.2) is 6.10 Å². The van der Waals surface area contributed by atoms with Crippen molar-refractivity contribution in [1.82, 2.24) is 0 Å². The Kier molecular flexibility index (Phi) is 5.76. The Morgan fingerprint density at radius 3 is 2.54 bits per heavy atom. The van der Waals surface area contributed by atoms with Gasteiger partial charge in [0.25, 0.3) is 11.6 Å². The maximum absolute atomic E-state index is 12.2. The van der Waals surface area contributed by atoms with Crippen LogP contribution in [0.1, 0.15) is 19.4 Å². The molecule has 0 spiro atoms. The van der Waals surface area contributed by atoms with Crippen molar-refractivity contribution >= 4 is 28.9 Å². The molecule has 7 heteroatoms. The molecule has 2 rings (SSSR count). The first kappa shape index (κ1) is 17.7. The summed E-state index contributed by atoms with van der Waals surface area (Å²) in [4.78, 5) is 22.4. The van der Waals surface area contributed by atoms with Crippen LogP contribution in [0.2, 0.25) is 5.02 Å². The highest BCUT2D eigenvalue weighted by atomic mass is 35.5. The van der Waals surface area contributed by atoms with Gasteiger partial charge in [-0.05, 0) is 43.2 Å². The molecule has 2 aromatic rings. The molecule has 1 amide bonds. The molecule has 0 aromatic heterocycles. The molecule has 6 nitrogen and oxygen atoms in total. The number of anilines is 1. The zero-order chi connectivity index (χ0) is 17.7. The standard InChI is InChI=1S/C17H17ClN2O4/c1-3-12-4-7-14(8-5-12)24-11(2)17(21)19-13-6-9-15(18)16(10-13)20(22)23/h4-11H,3H2,1-2H3,(H,19,21)/t11-/m1/s1. The van der Waals surface area contributed by atoms with Crippen LogP contribution in [0.15, 0.2) is 42.5 Å². The van der Waals surface area contributed by atoms with E-state index in [2.05, 4.69) is 12.2 Å². The lowest BCUT2D eigenvalue weighted by molar-refractivity contribution is -0.384. The van der Waals surface area contributed by atoms with Crippen LogP contribution < -0.4 is 10.1 Å². The van der Waals surface area contributed by atoms with E-state index in [9.17, 15) is 14.9 Å². The molecule has 0 saturated heterocycles. The molecule has 0 unspecified atom stereocenters. The average Bonchev–Trinajstić information content (AvgIpc) is 2.57. The summed E-state index contributed by atoms with van der Waals surface area (Å²) in [5.41, 5.74) is 1.19. The number of aryl methyl sites for hydroxylation is 1. The smallest absolute Gasteiger partial charge is 0.289 e. The van der Waals surface area contributed by atoms with Gasteiger partial charge in [-0.15, -0.1) is 0 Å². The number of nitro groups is 1.